The molecule has 4 rings (SSSR count). The number of carbonyl (C=O) groups excluding carboxylic acids is 1. The molecule has 1 amide bonds. The molecule has 0 fully saturated rings. The third kappa shape index (κ3) is 4.84. The van der Waals surface area contributed by atoms with Gasteiger partial charge >= 0.3 is 0 Å². The summed E-state index contributed by atoms with van der Waals surface area (Å²) >= 11 is 1.39. The van der Waals surface area contributed by atoms with Crippen LogP contribution in [0.1, 0.15) is 17.7 Å². The van der Waals surface area contributed by atoms with Gasteiger partial charge < -0.3 is 9.15 Å². The maximum absolute atomic E-state index is 13.2. The first kappa shape index (κ1) is 22.0. The molecule has 0 aliphatic carbocycles. The fraction of sp³-hybridized carbons (Fsp3) is 0.217. The van der Waals surface area contributed by atoms with Crippen molar-refractivity contribution in [1.29, 1.82) is 0 Å². The van der Waals surface area contributed by atoms with Gasteiger partial charge in [0.2, 0.25) is 5.91 Å². The molecule has 2 aromatic carbocycles. The lowest BCUT2D eigenvalue weighted by Gasteiger charge is -2.18. The van der Waals surface area contributed by atoms with Crippen LogP contribution >= 0.6 is 11.3 Å². The normalized spacial score (nSPS) is 11.6. The van der Waals surface area contributed by atoms with Crippen molar-refractivity contribution < 1.29 is 22.4 Å². The Morgan fingerprint density at radius 2 is 1.94 bits per heavy atom. The van der Waals surface area contributed by atoms with Crippen molar-refractivity contribution in [2.75, 3.05) is 17.8 Å². The number of furan rings is 1. The van der Waals surface area contributed by atoms with E-state index in [0.717, 1.165) is 15.8 Å². The second-order valence-electron chi connectivity index (χ2n) is 7.27. The monoisotopic (exact) mass is 470 g/mol. The Morgan fingerprint density at radius 1 is 1.16 bits per heavy atom. The Bertz CT molecular complexity index is 1330. The number of aryl methyl sites for hydroxylation is 1. The number of sulfone groups is 1. The summed E-state index contributed by atoms with van der Waals surface area (Å²) in [5.41, 5.74) is 1.89. The van der Waals surface area contributed by atoms with Gasteiger partial charge in [-0.05, 0) is 61.0 Å². The van der Waals surface area contributed by atoms with E-state index in [9.17, 15) is 13.2 Å². The number of ether oxygens (including phenoxy) is 1. The average Bonchev–Trinajstić information content (AvgIpc) is 3.45. The van der Waals surface area contributed by atoms with E-state index in [1.54, 1.807) is 24.3 Å². The zero-order valence-electron chi connectivity index (χ0n) is 17.6. The van der Waals surface area contributed by atoms with E-state index in [2.05, 4.69) is 4.98 Å². The number of carbonyl (C=O) groups is 1. The van der Waals surface area contributed by atoms with Crippen LogP contribution in [0.3, 0.4) is 0 Å². The summed E-state index contributed by atoms with van der Waals surface area (Å²) in [7, 11) is -2.12. The summed E-state index contributed by atoms with van der Waals surface area (Å²) in [6.45, 7) is 2.17. The molecule has 0 atom stereocenters. The van der Waals surface area contributed by atoms with Crippen molar-refractivity contribution >= 4 is 42.4 Å². The number of hydrogen-bond donors (Lipinski definition) is 0. The van der Waals surface area contributed by atoms with Gasteiger partial charge in [-0.15, -0.1) is 0 Å². The number of hydrogen-bond acceptors (Lipinski definition) is 7. The van der Waals surface area contributed by atoms with Crippen LogP contribution in [-0.4, -0.2) is 32.2 Å². The predicted octanol–water partition coefficient (Wildman–Crippen LogP) is 4.60. The number of thiazole rings is 1. The molecule has 166 valence electrons. The summed E-state index contributed by atoms with van der Waals surface area (Å²) in [4.78, 5) is 19.4. The van der Waals surface area contributed by atoms with Gasteiger partial charge in [-0.3, -0.25) is 9.69 Å². The lowest BCUT2D eigenvalue weighted by Crippen LogP contribution is -2.31. The quantitative estimate of drug-likeness (QED) is 0.374. The van der Waals surface area contributed by atoms with Crippen molar-refractivity contribution in [3.63, 3.8) is 0 Å². The molecule has 0 unspecified atom stereocenters. The summed E-state index contributed by atoms with van der Waals surface area (Å²) in [6.07, 6.45) is 1.36. The Hall–Kier alpha value is -3.17. The largest absolute Gasteiger partial charge is 0.497 e. The Balaban J connectivity index is 1.56. The first-order valence-corrected chi connectivity index (χ1v) is 12.4. The van der Waals surface area contributed by atoms with Gasteiger partial charge in [0.1, 0.15) is 11.5 Å². The first-order chi connectivity index (χ1) is 15.4. The number of anilines is 1. The van der Waals surface area contributed by atoms with Crippen LogP contribution in [0.15, 0.2) is 70.2 Å². The van der Waals surface area contributed by atoms with Gasteiger partial charge in [-0.25, -0.2) is 13.4 Å². The van der Waals surface area contributed by atoms with Crippen LogP contribution in [0, 0.1) is 6.92 Å². The molecule has 0 spiro atoms. The molecular formula is C23H22N2O5S2. The van der Waals surface area contributed by atoms with Gasteiger partial charge in [0, 0.05) is 6.42 Å². The summed E-state index contributed by atoms with van der Waals surface area (Å²) < 4.78 is 36.9. The molecule has 9 heteroatoms. The van der Waals surface area contributed by atoms with E-state index in [1.807, 2.05) is 25.1 Å². The number of amides is 1. The maximum Gasteiger partial charge on any atom is 0.230 e. The number of benzene rings is 2. The fourth-order valence-electron chi connectivity index (χ4n) is 3.21. The zero-order chi connectivity index (χ0) is 22.7. The highest BCUT2D eigenvalue weighted by Gasteiger charge is 2.24. The molecule has 7 nitrogen and oxygen atoms in total. The van der Waals surface area contributed by atoms with Crippen molar-refractivity contribution in [2.45, 2.75) is 24.8 Å². The van der Waals surface area contributed by atoms with Crippen molar-refractivity contribution in [3.05, 3.63) is 72.2 Å². The third-order valence-electron chi connectivity index (χ3n) is 4.96. The maximum atomic E-state index is 13.2. The highest BCUT2D eigenvalue weighted by atomic mass is 32.2. The van der Waals surface area contributed by atoms with Gasteiger partial charge in [0.15, 0.2) is 15.0 Å². The van der Waals surface area contributed by atoms with Crippen LogP contribution in [0.5, 0.6) is 5.75 Å². The molecule has 0 aliphatic rings. The summed E-state index contributed by atoms with van der Waals surface area (Å²) in [6, 6.07) is 15.5. The van der Waals surface area contributed by atoms with E-state index in [-0.39, 0.29) is 29.5 Å². The molecule has 0 bridgehead atoms. The van der Waals surface area contributed by atoms with E-state index < -0.39 is 9.84 Å². The number of rotatable bonds is 8. The van der Waals surface area contributed by atoms with Crippen molar-refractivity contribution in [2.24, 2.45) is 0 Å². The number of methoxy groups -OCH3 is 1. The second-order valence-corrected chi connectivity index (χ2v) is 10.4. The smallest absolute Gasteiger partial charge is 0.230 e. The second kappa shape index (κ2) is 9.13. The molecule has 4 aromatic rings. The van der Waals surface area contributed by atoms with Crippen LogP contribution in [-0.2, 0) is 21.2 Å². The SMILES string of the molecule is COc1ccc(S(=O)(=O)CCC(=O)N(Cc2ccco2)c2nc3ccc(C)cc3s2)cc1. The molecule has 0 aliphatic heterocycles. The van der Waals surface area contributed by atoms with Crippen LogP contribution in [0.25, 0.3) is 10.2 Å². The van der Waals surface area contributed by atoms with E-state index >= 15 is 0 Å². The number of fused-ring (bicyclic) bond motifs is 1. The van der Waals surface area contributed by atoms with Crippen LogP contribution < -0.4 is 9.64 Å². The molecule has 2 heterocycles. The highest BCUT2D eigenvalue weighted by molar-refractivity contribution is 7.91. The molecule has 2 aromatic heterocycles. The first-order valence-electron chi connectivity index (χ1n) is 9.92. The van der Waals surface area contributed by atoms with Gasteiger partial charge in [-0.2, -0.15) is 0 Å². The molecule has 0 saturated carbocycles. The van der Waals surface area contributed by atoms with Crippen LogP contribution in [0.2, 0.25) is 0 Å². The zero-order valence-corrected chi connectivity index (χ0v) is 19.3. The Morgan fingerprint density at radius 3 is 2.62 bits per heavy atom. The van der Waals surface area contributed by atoms with Gasteiger partial charge in [0.25, 0.3) is 0 Å². The number of nitrogens with zero attached hydrogens (tertiary/aromatic N) is 2. The van der Waals surface area contributed by atoms with Crippen molar-refractivity contribution in [3.8, 4) is 5.75 Å². The van der Waals surface area contributed by atoms with Gasteiger partial charge in [0.05, 0.1) is 40.8 Å². The molecular weight excluding hydrogens is 448 g/mol. The van der Waals surface area contributed by atoms with Gasteiger partial charge in [-0.1, -0.05) is 17.4 Å². The van der Waals surface area contributed by atoms with E-state index in [4.69, 9.17) is 9.15 Å². The Kier molecular flexibility index (Phi) is 6.29. The minimum Gasteiger partial charge on any atom is -0.497 e. The standard InChI is InChI=1S/C23H22N2O5S2/c1-16-5-10-20-21(14-16)31-23(24-20)25(15-18-4-3-12-30-18)22(26)11-13-32(27,28)19-8-6-17(29-2)7-9-19/h3-10,12,14H,11,13,15H2,1-2H3. The molecule has 0 N–H and O–H groups in total. The molecule has 32 heavy (non-hydrogen) atoms. The van der Waals surface area contributed by atoms with Crippen LogP contribution in [0.4, 0.5) is 5.13 Å². The minimum absolute atomic E-state index is 0.152. The summed E-state index contributed by atoms with van der Waals surface area (Å²) in [5.74, 6) is 0.508. The lowest BCUT2D eigenvalue weighted by atomic mass is 10.2. The average molecular weight is 471 g/mol. The van der Waals surface area contributed by atoms with Crippen molar-refractivity contribution in [1.82, 2.24) is 4.98 Å². The van der Waals surface area contributed by atoms with E-state index in [0.29, 0.717) is 16.6 Å². The fourth-order valence-corrected chi connectivity index (χ4v) is 5.52. The molecule has 0 saturated heterocycles. The third-order valence-corrected chi connectivity index (χ3v) is 7.73. The highest BCUT2D eigenvalue weighted by Crippen LogP contribution is 2.31. The predicted molar refractivity (Wildman–Crippen MR) is 124 cm³/mol. The van der Waals surface area contributed by atoms with E-state index in [1.165, 1.54) is 41.7 Å². The Labute approximate surface area is 190 Å². The minimum atomic E-state index is -3.63. The lowest BCUT2D eigenvalue weighted by molar-refractivity contribution is -0.118. The molecule has 0 radical (unpaired) electrons. The topological polar surface area (TPSA) is 89.7 Å². The summed E-state index contributed by atoms with van der Waals surface area (Å²) in [5, 5.41) is 0.508. The number of aromatic nitrogens is 1.